The fourth-order valence-corrected chi connectivity index (χ4v) is 5.20. The molecule has 2 N–H and O–H groups in total. The van der Waals surface area contributed by atoms with Crippen LogP contribution in [0.5, 0.6) is 0 Å². The topological polar surface area (TPSA) is 95.6 Å². The fourth-order valence-electron chi connectivity index (χ4n) is 3.68. The average Bonchev–Trinajstić information content (AvgIpc) is 3.36. The van der Waals surface area contributed by atoms with Crippen molar-refractivity contribution in [2.45, 2.75) is 24.2 Å². The molecule has 3 aromatic carbocycles. The molecule has 33 heavy (non-hydrogen) atoms. The van der Waals surface area contributed by atoms with Crippen LogP contribution in [0.15, 0.2) is 83.8 Å². The predicted molar refractivity (Wildman–Crippen MR) is 128 cm³/mol. The Kier molecular flexibility index (Phi) is 6.86. The van der Waals surface area contributed by atoms with E-state index in [0.717, 1.165) is 18.4 Å². The summed E-state index contributed by atoms with van der Waals surface area (Å²) in [5, 5.41) is 5.58. The summed E-state index contributed by atoms with van der Waals surface area (Å²) in [6.45, 7) is 1.09. The molecule has 1 saturated heterocycles. The van der Waals surface area contributed by atoms with E-state index in [2.05, 4.69) is 10.6 Å². The molecule has 7 nitrogen and oxygen atoms in total. The maximum Gasteiger partial charge on any atom is 0.255 e. The highest BCUT2D eigenvalue weighted by Crippen LogP contribution is 2.22. The molecule has 0 aromatic heterocycles. The van der Waals surface area contributed by atoms with Crippen LogP contribution in [0.3, 0.4) is 0 Å². The SMILES string of the molecule is O=C(Cc1ccccc1)Nc1ccc(C(=O)Nc2ccc(S(=O)(=O)N3CCCC3)cc2)cc1. The van der Waals surface area contributed by atoms with Gasteiger partial charge in [-0.15, -0.1) is 0 Å². The number of rotatable bonds is 7. The van der Waals surface area contributed by atoms with E-state index >= 15 is 0 Å². The van der Waals surface area contributed by atoms with Gasteiger partial charge in [0.25, 0.3) is 5.91 Å². The minimum atomic E-state index is -3.48. The standard InChI is InChI=1S/C25H25N3O4S/c29-24(18-19-6-2-1-3-7-19)26-21-10-8-20(9-11-21)25(30)27-22-12-14-23(15-13-22)33(31,32)28-16-4-5-17-28/h1-3,6-15H,4-5,16-18H2,(H,26,29)(H,27,30). The average molecular weight is 464 g/mol. The van der Waals surface area contributed by atoms with Gasteiger partial charge in [0.05, 0.1) is 11.3 Å². The molecule has 0 radical (unpaired) electrons. The minimum absolute atomic E-state index is 0.137. The smallest absolute Gasteiger partial charge is 0.255 e. The molecule has 0 aliphatic carbocycles. The molecule has 1 heterocycles. The molecular formula is C25H25N3O4S. The Morgan fingerprint density at radius 2 is 1.33 bits per heavy atom. The molecule has 1 aliphatic rings. The molecule has 170 valence electrons. The highest BCUT2D eigenvalue weighted by Gasteiger charge is 2.26. The number of sulfonamides is 1. The first-order valence-electron chi connectivity index (χ1n) is 10.8. The Morgan fingerprint density at radius 1 is 0.758 bits per heavy atom. The highest BCUT2D eigenvalue weighted by atomic mass is 32.2. The van der Waals surface area contributed by atoms with Crippen molar-refractivity contribution >= 4 is 33.2 Å². The van der Waals surface area contributed by atoms with Crippen LogP contribution in [-0.2, 0) is 21.2 Å². The van der Waals surface area contributed by atoms with Gasteiger partial charge in [0.2, 0.25) is 15.9 Å². The van der Waals surface area contributed by atoms with Crippen LogP contribution < -0.4 is 10.6 Å². The van der Waals surface area contributed by atoms with Crippen molar-refractivity contribution in [3.63, 3.8) is 0 Å². The summed E-state index contributed by atoms with van der Waals surface area (Å²) in [4.78, 5) is 25.0. The summed E-state index contributed by atoms with van der Waals surface area (Å²) in [5.74, 6) is -0.463. The Morgan fingerprint density at radius 3 is 1.97 bits per heavy atom. The van der Waals surface area contributed by atoms with Crippen molar-refractivity contribution in [2.75, 3.05) is 23.7 Å². The fraction of sp³-hybridized carbons (Fsp3) is 0.200. The van der Waals surface area contributed by atoms with Crippen LogP contribution in [0.2, 0.25) is 0 Å². The number of carbonyl (C=O) groups is 2. The second-order valence-corrected chi connectivity index (χ2v) is 9.82. The van der Waals surface area contributed by atoms with Gasteiger partial charge in [-0.05, 0) is 66.9 Å². The third kappa shape index (κ3) is 5.66. The monoisotopic (exact) mass is 463 g/mol. The van der Waals surface area contributed by atoms with Crippen molar-refractivity contribution in [2.24, 2.45) is 0 Å². The van der Waals surface area contributed by atoms with Crippen molar-refractivity contribution in [1.29, 1.82) is 0 Å². The van der Waals surface area contributed by atoms with Crippen LogP contribution in [0.4, 0.5) is 11.4 Å². The lowest BCUT2D eigenvalue weighted by Gasteiger charge is -2.15. The Labute approximate surface area is 193 Å². The molecule has 1 fully saturated rings. The van der Waals surface area contributed by atoms with Crippen LogP contribution in [0.25, 0.3) is 0 Å². The van der Waals surface area contributed by atoms with Crippen molar-refractivity contribution in [3.05, 3.63) is 90.0 Å². The summed E-state index contributed by atoms with van der Waals surface area (Å²) < 4.78 is 26.7. The zero-order valence-corrected chi connectivity index (χ0v) is 18.8. The van der Waals surface area contributed by atoms with Gasteiger partial charge >= 0.3 is 0 Å². The summed E-state index contributed by atoms with van der Waals surface area (Å²) in [6.07, 6.45) is 2.03. The molecule has 4 rings (SSSR count). The summed E-state index contributed by atoms with van der Waals surface area (Å²) in [7, 11) is -3.48. The van der Waals surface area contributed by atoms with Crippen LogP contribution in [0, 0.1) is 0 Å². The normalized spacial score (nSPS) is 14.1. The number of nitrogens with zero attached hydrogens (tertiary/aromatic N) is 1. The van der Waals surface area contributed by atoms with Gasteiger partial charge < -0.3 is 10.6 Å². The van der Waals surface area contributed by atoms with Gasteiger partial charge in [0.15, 0.2) is 0 Å². The first kappa shape index (κ1) is 22.7. The minimum Gasteiger partial charge on any atom is -0.326 e. The Bertz CT molecular complexity index is 1220. The molecule has 0 spiro atoms. The maximum atomic E-state index is 12.6. The zero-order chi connectivity index (χ0) is 23.3. The molecule has 0 bridgehead atoms. The highest BCUT2D eigenvalue weighted by molar-refractivity contribution is 7.89. The van der Waals surface area contributed by atoms with Crippen molar-refractivity contribution < 1.29 is 18.0 Å². The van der Waals surface area contributed by atoms with Gasteiger partial charge in [0.1, 0.15) is 0 Å². The molecule has 1 aliphatic heterocycles. The summed E-state index contributed by atoms with van der Waals surface area (Å²) in [5.41, 5.74) is 2.44. The Balaban J connectivity index is 1.34. The lowest BCUT2D eigenvalue weighted by atomic mass is 10.1. The number of benzene rings is 3. The van der Waals surface area contributed by atoms with E-state index in [1.807, 2.05) is 30.3 Å². The molecule has 0 saturated carbocycles. The van der Waals surface area contributed by atoms with Gasteiger partial charge in [-0.1, -0.05) is 30.3 Å². The first-order valence-corrected chi connectivity index (χ1v) is 12.2. The van der Waals surface area contributed by atoms with Crippen molar-refractivity contribution in [1.82, 2.24) is 4.31 Å². The van der Waals surface area contributed by atoms with E-state index < -0.39 is 10.0 Å². The molecule has 0 atom stereocenters. The van der Waals surface area contributed by atoms with Crippen LogP contribution in [-0.4, -0.2) is 37.6 Å². The molecule has 0 unspecified atom stereocenters. The van der Waals surface area contributed by atoms with E-state index in [1.165, 1.54) is 16.4 Å². The zero-order valence-electron chi connectivity index (χ0n) is 18.0. The first-order chi connectivity index (χ1) is 15.9. The van der Waals surface area contributed by atoms with E-state index in [9.17, 15) is 18.0 Å². The van der Waals surface area contributed by atoms with Crippen LogP contribution in [0.1, 0.15) is 28.8 Å². The number of amides is 2. The second kappa shape index (κ2) is 9.97. The number of hydrogen-bond acceptors (Lipinski definition) is 4. The second-order valence-electron chi connectivity index (χ2n) is 7.88. The Hall–Kier alpha value is -3.49. The lowest BCUT2D eigenvalue weighted by molar-refractivity contribution is -0.115. The molecular weight excluding hydrogens is 438 g/mol. The van der Waals surface area contributed by atoms with E-state index in [4.69, 9.17) is 0 Å². The maximum absolute atomic E-state index is 12.6. The number of anilines is 2. The van der Waals surface area contributed by atoms with E-state index in [0.29, 0.717) is 30.0 Å². The van der Waals surface area contributed by atoms with Crippen LogP contribution >= 0.6 is 0 Å². The number of nitrogens with one attached hydrogen (secondary N) is 2. The molecule has 2 amide bonds. The lowest BCUT2D eigenvalue weighted by Crippen LogP contribution is -2.27. The number of carbonyl (C=O) groups excluding carboxylic acids is 2. The molecule has 3 aromatic rings. The third-order valence-corrected chi connectivity index (χ3v) is 7.37. The summed E-state index contributed by atoms with van der Waals surface area (Å²) in [6, 6.07) is 22.2. The third-order valence-electron chi connectivity index (χ3n) is 5.45. The predicted octanol–water partition coefficient (Wildman–Crippen LogP) is 3.90. The van der Waals surface area contributed by atoms with Gasteiger partial charge in [-0.3, -0.25) is 9.59 Å². The summed E-state index contributed by atoms with van der Waals surface area (Å²) >= 11 is 0. The van der Waals surface area contributed by atoms with E-state index in [-0.39, 0.29) is 23.1 Å². The largest absolute Gasteiger partial charge is 0.326 e. The molecule has 8 heteroatoms. The number of hydrogen-bond donors (Lipinski definition) is 2. The van der Waals surface area contributed by atoms with Gasteiger partial charge in [-0.2, -0.15) is 4.31 Å². The quantitative estimate of drug-likeness (QED) is 0.555. The van der Waals surface area contributed by atoms with E-state index in [1.54, 1.807) is 36.4 Å². The van der Waals surface area contributed by atoms with Crippen molar-refractivity contribution in [3.8, 4) is 0 Å². The van der Waals surface area contributed by atoms with Gasteiger partial charge in [-0.25, -0.2) is 8.42 Å². The van der Waals surface area contributed by atoms with Gasteiger partial charge in [0, 0.05) is 30.0 Å².